The first-order valence-corrected chi connectivity index (χ1v) is 11.7. The minimum Gasteiger partial charge on any atom is -0.296 e. The van der Waals surface area contributed by atoms with Crippen LogP contribution in [0.5, 0.6) is 0 Å². The third-order valence-corrected chi connectivity index (χ3v) is 7.13. The van der Waals surface area contributed by atoms with Gasteiger partial charge in [-0.25, -0.2) is 0 Å². The van der Waals surface area contributed by atoms with Crippen LogP contribution in [0.4, 0.5) is 10.8 Å². The van der Waals surface area contributed by atoms with Gasteiger partial charge in [0.2, 0.25) is 5.13 Å². The summed E-state index contributed by atoms with van der Waals surface area (Å²) in [4.78, 5) is 12.4. The van der Waals surface area contributed by atoms with Gasteiger partial charge in [-0.3, -0.25) is 14.8 Å². The Labute approximate surface area is 187 Å². The van der Waals surface area contributed by atoms with Crippen molar-refractivity contribution < 1.29 is 13.2 Å². The Morgan fingerprint density at radius 3 is 2.32 bits per heavy atom. The Hall–Kier alpha value is -3.27. The second-order valence-electron chi connectivity index (χ2n) is 6.32. The fourth-order valence-corrected chi connectivity index (χ4v) is 5.01. The van der Waals surface area contributed by atoms with E-state index in [9.17, 15) is 13.2 Å². The highest BCUT2D eigenvalue weighted by atomic mass is 35.5. The van der Waals surface area contributed by atoms with Gasteiger partial charge in [0.1, 0.15) is 0 Å². The monoisotopic (exact) mass is 470 g/mol. The van der Waals surface area contributed by atoms with Crippen LogP contribution in [0.1, 0.15) is 10.4 Å². The van der Waals surface area contributed by atoms with Gasteiger partial charge < -0.3 is 0 Å². The van der Waals surface area contributed by atoms with Crippen LogP contribution in [0.2, 0.25) is 5.02 Å². The third kappa shape index (κ3) is 4.74. The topological polar surface area (TPSA) is 101 Å². The van der Waals surface area contributed by atoms with Crippen LogP contribution in [0.25, 0.3) is 11.1 Å². The van der Waals surface area contributed by atoms with Crippen molar-refractivity contribution in [3.8, 4) is 11.1 Å². The van der Waals surface area contributed by atoms with Crippen molar-refractivity contribution in [2.45, 2.75) is 4.34 Å². The zero-order valence-electron chi connectivity index (χ0n) is 15.8. The largest absolute Gasteiger partial charge is 0.296 e. The molecule has 0 aliphatic rings. The molecule has 0 atom stereocenters. The lowest BCUT2D eigenvalue weighted by Gasteiger charge is -2.11. The molecule has 0 spiro atoms. The van der Waals surface area contributed by atoms with Crippen molar-refractivity contribution >= 4 is 49.7 Å². The fraction of sp³-hybridized carbons (Fsp3) is 0. The molecule has 156 valence electrons. The summed E-state index contributed by atoms with van der Waals surface area (Å²) < 4.78 is 28.0. The van der Waals surface area contributed by atoms with Gasteiger partial charge >= 0.3 is 0 Å². The van der Waals surface area contributed by atoms with Gasteiger partial charge in [-0.2, -0.15) is 8.42 Å². The smallest absolute Gasteiger partial charge is 0.291 e. The van der Waals surface area contributed by atoms with Crippen molar-refractivity contribution in [2.75, 3.05) is 10.0 Å². The van der Waals surface area contributed by atoms with E-state index in [1.807, 2.05) is 42.5 Å². The number of sulfonamides is 1. The molecule has 0 bridgehead atoms. The highest BCUT2D eigenvalue weighted by molar-refractivity contribution is 7.94. The molecule has 0 aliphatic carbocycles. The first-order chi connectivity index (χ1) is 14.9. The lowest BCUT2D eigenvalue weighted by atomic mass is 10.0. The maximum absolute atomic E-state index is 12.9. The van der Waals surface area contributed by atoms with Crippen molar-refractivity contribution in [1.29, 1.82) is 0 Å². The molecule has 0 aliphatic heterocycles. The van der Waals surface area contributed by atoms with Crippen LogP contribution >= 0.6 is 22.9 Å². The molecule has 10 heteroatoms. The third-order valence-electron chi connectivity index (χ3n) is 4.23. The van der Waals surface area contributed by atoms with Gasteiger partial charge in [-0.05, 0) is 23.8 Å². The molecule has 4 rings (SSSR count). The molecule has 0 unspecified atom stereocenters. The molecule has 31 heavy (non-hydrogen) atoms. The van der Waals surface area contributed by atoms with E-state index in [1.165, 1.54) is 0 Å². The van der Waals surface area contributed by atoms with E-state index in [4.69, 9.17) is 11.6 Å². The van der Waals surface area contributed by atoms with E-state index in [1.54, 1.807) is 36.4 Å². The lowest BCUT2D eigenvalue weighted by Crippen LogP contribution is -2.13. The normalized spacial score (nSPS) is 11.1. The Kier molecular flexibility index (Phi) is 5.99. The predicted octanol–water partition coefficient (Wildman–Crippen LogP) is 4.91. The van der Waals surface area contributed by atoms with Gasteiger partial charge in [0.15, 0.2) is 0 Å². The van der Waals surface area contributed by atoms with E-state index in [0.717, 1.165) is 22.5 Å². The predicted molar refractivity (Wildman–Crippen MR) is 122 cm³/mol. The van der Waals surface area contributed by atoms with E-state index < -0.39 is 15.9 Å². The van der Waals surface area contributed by atoms with Gasteiger partial charge in [-0.1, -0.05) is 83.6 Å². The Balaban J connectivity index is 1.56. The van der Waals surface area contributed by atoms with Crippen molar-refractivity contribution in [3.63, 3.8) is 0 Å². The number of amides is 1. The van der Waals surface area contributed by atoms with E-state index >= 15 is 0 Å². The SMILES string of the molecule is O=C(Nc1nnc(S(=O)(=O)Nc2ccccc2-c2ccccc2)s1)c1ccccc1Cl. The number of halogens is 1. The molecule has 3 aromatic carbocycles. The van der Waals surface area contributed by atoms with E-state index in [-0.39, 0.29) is 20.1 Å². The Bertz CT molecular complexity index is 1340. The number of nitrogens with zero attached hydrogens (tertiary/aromatic N) is 2. The van der Waals surface area contributed by atoms with Crippen molar-refractivity contribution in [1.82, 2.24) is 10.2 Å². The van der Waals surface area contributed by atoms with Gasteiger partial charge in [-0.15, -0.1) is 10.2 Å². The van der Waals surface area contributed by atoms with Crippen LogP contribution in [0.15, 0.2) is 83.2 Å². The molecule has 0 fully saturated rings. The number of carbonyl (C=O) groups is 1. The summed E-state index contributed by atoms with van der Waals surface area (Å²) in [5, 5.41) is 10.3. The number of hydrogen-bond donors (Lipinski definition) is 2. The summed E-state index contributed by atoms with van der Waals surface area (Å²) in [5.41, 5.74) is 2.25. The molecule has 7 nitrogen and oxygen atoms in total. The number of carbonyl (C=O) groups excluding carboxylic acids is 1. The summed E-state index contributed by atoms with van der Waals surface area (Å²) in [7, 11) is -4.01. The first-order valence-electron chi connectivity index (χ1n) is 9.01. The summed E-state index contributed by atoms with van der Waals surface area (Å²) >= 11 is 6.76. The fourth-order valence-electron chi connectivity index (χ4n) is 2.81. The van der Waals surface area contributed by atoms with Crippen LogP contribution in [0, 0.1) is 0 Å². The molecule has 0 radical (unpaired) electrons. The quantitative estimate of drug-likeness (QED) is 0.390. The van der Waals surface area contributed by atoms with Crippen LogP contribution < -0.4 is 10.0 Å². The molecule has 0 saturated carbocycles. The maximum Gasteiger partial charge on any atom is 0.291 e. The molecule has 1 amide bonds. The van der Waals surface area contributed by atoms with Gasteiger partial charge in [0.25, 0.3) is 20.3 Å². The number of rotatable bonds is 6. The number of aromatic nitrogens is 2. The van der Waals surface area contributed by atoms with Gasteiger partial charge in [0, 0.05) is 5.56 Å². The average molecular weight is 471 g/mol. The number of para-hydroxylation sites is 1. The number of nitrogens with one attached hydrogen (secondary N) is 2. The summed E-state index contributed by atoms with van der Waals surface area (Å²) in [5.74, 6) is -0.506. The maximum atomic E-state index is 12.9. The van der Waals surface area contributed by atoms with E-state index in [2.05, 4.69) is 20.2 Å². The lowest BCUT2D eigenvalue weighted by molar-refractivity contribution is 0.102. The molecule has 2 N–H and O–H groups in total. The first kappa shape index (κ1) is 21.0. The Morgan fingerprint density at radius 1 is 0.871 bits per heavy atom. The zero-order chi connectivity index (χ0) is 21.8. The van der Waals surface area contributed by atoms with Crippen LogP contribution in [0.3, 0.4) is 0 Å². The molecule has 4 aromatic rings. The number of anilines is 2. The summed E-state index contributed by atoms with van der Waals surface area (Å²) in [6.45, 7) is 0. The second-order valence-corrected chi connectivity index (χ2v) is 9.57. The highest BCUT2D eigenvalue weighted by Gasteiger charge is 2.23. The molecule has 1 heterocycles. The van der Waals surface area contributed by atoms with Crippen LogP contribution in [-0.2, 0) is 10.0 Å². The molecular formula is C21H15ClN4O3S2. The van der Waals surface area contributed by atoms with Gasteiger partial charge in [0.05, 0.1) is 16.3 Å². The molecule has 0 saturated heterocycles. The summed E-state index contributed by atoms with van der Waals surface area (Å²) in [6, 6.07) is 23.0. The summed E-state index contributed by atoms with van der Waals surface area (Å²) in [6.07, 6.45) is 0. The van der Waals surface area contributed by atoms with Crippen LogP contribution in [-0.4, -0.2) is 24.5 Å². The second kappa shape index (κ2) is 8.84. The molecule has 1 aromatic heterocycles. The highest BCUT2D eigenvalue weighted by Crippen LogP contribution is 2.30. The van der Waals surface area contributed by atoms with Crippen molar-refractivity contribution in [3.05, 3.63) is 89.4 Å². The zero-order valence-corrected chi connectivity index (χ0v) is 18.2. The Morgan fingerprint density at radius 2 is 1.55 bits per heavy atom. The minimum atomic E-state index is -4.01. The minimum absolute atomic E-state index is 0.0432. The molecular weight excluding hydrogens is 456 g/mol. The van der Waals surface area contributed by atoms with E-state index in [0.29, 0.717) is 5.69 Å². The standard InChI is InChI=1S/C21H15ClN4O3S2/c22-17-12-6-4-11-16(17)19(27)23-20-24-25-21(30-20)31(28,29)26-18-13-7-5-10-15(18)14-8-2-1-3-9-14/h1-13,26H,(H,23,24,27). The number of hydrogen-bond acceptors (Lipinski definition) is 6. The number of benzene rings is 3. The van der Waals surface area contributed by atoms with Crippen molar-refractivity contribution in [2.24, 2.45) is 0 Å². The average Bonchev–Trinajstić information content (AvgIpc) is 3.24.